The van der Waals surface area contributed by atoms with Crippen molar-refractivity contribution in [3.8, 4) is 11.4 Å². The summed E-state index contributed by atoms with van der Waals surface area (Å²) in [6.07, 6.45) is 0.712. The van der Waals surface area contributed by atoms with Gasteiger partial charge in [0.2, 0.25) is 17.6 Å². The third kappa shape index (κ3) is 4.74. The predicted molar refractivity (Wildman–Crippen MR) is 107 cm³/mol. The van der Waals surface area contributed by atoms with Gasteiger partial charge < -0.3 is 9.42 Å². The molecule has 0 N–H and O–H groups in total. The monoisotopic (exact) mass is 383 g/mol. The Kier molecular flexibility index (Phi) is 5.91. The summed E-state index contributed by atoms with van der Waals surface area (Å²) < 4.78 is 5.29. The summed E-state index contributed by atoms with van der Waals surface area (Å²) in [4.78, 5) is 18.9. The van der Waals surface area contributed by atoms with Crippen molar-refractivity contribution in [3.63, 3.8) is 0 Å². The van der Waals surface area contributed by atoms with Crippen LogP contribution < -0.4 is 4.90 Å². The van der Waals surface area contributed by atoms with E-state index in [9.17, 15) is 4.79 Å². The number of anilines is 1. The number of amides is 1. The molecule has 0 saturated heterocycles. The van der Waals surface area contributed by atoms with Crippen LogP contribution in [0.2, 0.25) is 5.02 Å². The van der Waals surface area contributed by atoms with Gasteiger partial charge in [-0.15, -0.1) is 0 Å². The zero-order valence-corrected chi connectivity index (χ0v) is 16.5. The minimum Gasteiger partial charge on any atom is -0.339 e. The van der Waals surface area contributed by atoms with Crippen molar-refractivity contribution in [1.29, 1.82) is 0 Å². The van der Waals surface area contributed by atoms with Crippen molar-refractivity contribution >= 4 is 23.2 Å². The van der Waals surface area contributed by atoms with Crippen molar-refractivity contribution in [3.05, 3.63) is 64.5 Å². The standard InChI is InChI=1S/C21H22ClN3O2/c1-4-25(18-12-14(2)11-15(3)13-18)20(26)10-9-19-23-21(24-27-19)16-5-7-17(22)8-6-16/h5-8,11-13H,4,9-10H2,1-3H3. The number of carbonyl (C=O) groups is 1. The lowest BCUT2D eigenvalue weighted by atomic mass is 10.1. The Morgan fingerprint density at radius 3 is 2.41 bits per heavy atom. The lowest BCUT2D eigenvalue weighted by Crippen LogP contribution is -2.30. The van der Waals surface area contributed by atoms with E-state index in [1.807, 2.05) is 45.0 Å². The molecule has 0 atom stereocenters. The Bertz CT molecular complexity index is 915. The van der Waals surface area contributed by atoms with Crippen LogP contribution in [0.3, 0.4) is 0 Å². The van der Waals surface area contributed by atoms with Crippen LogP contribution in [0.25, 0.3) is 11.4 Å². The van der Waals surface area contributed by atoms with E-state index in [2.05, 4.69) is 16.2 Å². The Morgan fingerprint density at radius 2 is 1.78 bits per heavy atom. The lowest BCUT2D eigenvalue weighted by molar-refractivity contribution is -0.118. The first kappa shape index (κ1) is 19.1. The Labute approximate surface area is 164 Å². The number of rotatable bonds is 6. The largest absolute Gasteiger partial charge is 0.339 e. The van der Waals surface area contributed by atoms with Crippen molar-refractivity contribution in [2.45, 2.75) is 33.6 Å². The van der Waals surface area contributed by atoms with Crippen molar-refractivity contribution in [2.75, 3.05) is 11.4 Å². The van der Waals surface area contributed by atoms with Crippen LogP contribution in [0, 0.1) is 13.8 Å². The van der Waals surface area contributed by atoms with Gasteiger partial charge in [0.1, 0.15) is 0 Å². The molecular formula is C21H22ClN3O2. The first-order valence-corrected chi connectivity index (χ1v) is 9.31. The van der Waals surface area contributed by atoms with Gasteiger partial charge in [0.15, 0.2) is 0 Å². The Morgan fingerprint density at radius 1 is 1.11 bits per heavy atom. The fourth-order valence-corrected chi connectivity index (χ4v) is 3.16. The number of aryl methyl sites for hydroxylation is 3. The lowest BCUT2D eigenvalue weighted by Gasteiger charge is -2.22. The molecule has 1 amide bonds. The fourth-order valence-electron chi connectivity index (χ4n) is 3.03. The molecule has 0 saturated carbocycles. The summed E-state index contributed by atoms with van der Waals surface area (Å²) in [5.74, 6) is 0.981. The molecule has 0 aliphatic rings. The van der Waals surface area contributed by atoms with Crippen LogP contribution >= 0.6 is 11.6 Å². The maximum absolute atomic E-state index is 12.7. The number of aromatic nitrogens is 2. The van der Waals surface area contributed by atoms with E-state index in [0.29, 0.717) is 36.1 Å². The van der Waals surface area contributed by atoms with E-state index in [1.165, 1.54) is 0 Å². The maximum Gasteiger partial charge on any atom is 0.227 e. The van der Waals surface area contributed by atoms with E-state index in [4.69, 9.17) is 16.1 Å². The SMILES string of the molecule is CCN(C(=O)CCc1nc(-c2ccc(Cl)cc2)no1)c1cc(C)cc(C)c1. The average Bonchev–Trinajstić information content (AvgIpc) is 3.09. The molecule has 0 unspecified atom stereocenters. The number of benzene rings is 2. The first-order chi connectivity index (χ1) is 13.0. The highest BCUT2D eigenvalue weighted by Crippen LogP contribution is 2.21. The second kappa shape index (κ2) is 8.35. The minimum atomic E-state index is 0.0359. The number of carbonyl (C=O) groups excluding carboxylic acids is 1. The summed E-state index contributed by atoms with van der Waals surface area (Å²) in [5, 5.41) is 4.64. The maximum atomic E-state index is 12.7. The smallest absolute Gasteiger partial charge is 0.227 e. The summed E-state index contributed by atoms with van der Waals surface area (Å²) in [7, 11) is 0. The van der Waals surface area contributed by atoms with Gasteiger partial charge in [0.25, 0.3) is 0 Å². The predicted octanol–water partition coefficient (Wildman–Crippen LogP) is 4.99. The zero-order chi connectivity index (χ0) is 19.4. The molecule has 3 rings (SSSR count). The molecule has 6 heteroatoms. The van der Waals surface area contributed by atoms with Gasteiger partial charge in [0, 0.05) is 35.7 Å². The summed E-state index contributed by atoms with van der Waals surface area (Å²) in [5.41, 5.74) is 4.03. The van der Waals surface area contributed by atoms with E-state index in [1.54, 1.807) is 17.0 Å². The number of hydrogen-bond donors (Lipinski definition) is 0. The second-order valence-electron chi connectivity index (χ2n) is 6.50. The van der Waals surface area contributed by atoms with Gasteiger partial charge in [-0.2, -0.15) is 4.98 Å². The summed E-state index contributed by atoms with van der Waals surface area (Å²) in [6.45, 7) is 6.65. The highest BCUT2D eigenvalue weighted by atomic mass is 35.5. The summed E-state index contributed by atoms with van der Waals surface area (Å²) >= 11 is 5.90. The molecular weight excluding hydrogens is 362 g/mol. The van der Waals surface area contributed by atoms with Crippen LogP contribution in [-0.4, -0.2) is 22.6 Å². The second-order valence-corrected chi connectivity index (χ2v) is 6.94. The summed E-state index contributed by atoms with van der Waals surface area (Å²) in [6, 6.07) is 13.4. The van der Waals surface area contributed by atoms with E-state index >= 15 is 0 Å². The molecule has 5 nitrogen and oxygen atoms in total. The van der Waals surface area contributed by atoms with Gasteiger partial charge in [-0.1, -0.05) is 22.8 Å². The van der Waals surface area contributed by atoms with Crippen molar-refractivity contribution < 1.29 is 9.32 Å². The van der Waals surface area contributed by atoms with Crippen molar-refractivity contribution in [2.24, 2.45) is 0 Å². The van der Waals surface area contributed by atoms with Gasteiger partial charge in [-0.3, -0.25) is 4.79 Å². The Hall–Kier alpha value is -2.66. The molecule has 0 aliphatic carbocycles. The molecule has 0 spiro atoms. The number of hydrogen-bond acceptors (Lipinski definition) is 4. The van der Waals surface area contributed by atoms with Gasteiger partial charge in [0.05, 0.1) is 0 Å². The van der Waals surface area contributed by atoms with Gasteiger partial charge in [-0.25, -0.2) is 0 Å². The third-order valence-corrected chi connectivity index (χ3v) is 4.51. The molecule has 140 valence electrons. The molecule has 0 bridgehead atoms. The van der Waals surface area contributed by atoms with Crippen LogP contribution in [-0.2, 0) is 11.2 Å². The molecule has 1 heterocycles. The van der Waals surface area contributed by atoms with Crippen LogP contribution in [0.4, 0.5) is 5.69 Å². The Balaban J connectivity index is 1.67. The molecule has 27 heavy (non-hydrogen) atoms. The molecule has 0 fully saturated rings. The zero-order valence-electron chi connectivity index (χ0n) is 15.7. The molecule has 2 aromatic carbocycles. The quantitative estimate of drug-likeness (QED) is 0.601. The van der Waals surface area contributed by atoms with E-state index < -0.39 is 0 Å². The number of halogens is 1. The van der Waals surface area contributed by atoms with Gasteiger partial charge >= 0.3 is 0 Å². The van der Waals surface area contributed by atoms with Crippen LogP contribution in [0.5, 0.6) is 0 Å². The topological polar surface area (TPSA) is 59.2 Å². The molecule has 1 aromatic heterocycles. The third-order valence-electron chi connectivity index (χ3n) is 4.26. The van der Waals surface area contributed by atoms with Crippen molar-refractivity contribution in [1.82, 2.24) is 10.1 Å². The highest BCUT2D eigenvalue weighted by molar-refractivity contribution is 6.30. The molecule has 3 aromatic rings. The average molecular weight is 384 g/mol. The number of nitrogens with zero attached hydrogens (tertiary/aromatic N) is 3. The van der Waals surface area contributed by atoms with Gasteiger partial charge in [-0.05, 0) is 68.3 Å². The van der Waals surface area contributed by atoms with Crippen LogP contribution in [0.1, 0.15) is 30.4 Å². The minimum absolute atomic E-state index is 0.0359. The first-order valence-electron chi connectivity index (χ1n) is 8.93. The molecule has 0 aliphatic heterocycles. The van der Waals surface area contributed by atoms with Crippen LogP contribution in [0.15, 0.2) is 47.0 Å². The van der Waals surface area contributed by atoms with E-state index in [-0.39, 0.29) is 5.91 Å². The van der Waals surface area contributed by atoms with E-state index in [0.717, 1.165) is 22.4 Å². The highest BCUT2D eigenvalue weighted by Gasteiger charge is 2.17. The molecule has 0 radical (unpaired) electrons. The normalized spacial score (nSPS) is 10.8. The fraction of sp³-hybridized carbons (Fsp3) is 0.286.